The first-order chi connectivity index (χ1) is 7.68. The summed E-state index contributed by atoms with van der Waals surface area (Å²) in [7, 11) is 0. The van der Waals surface area contributed by atoms with Gasteiger partial charge in [-0.05, 0) is 40.2 Å². The Bertz CT molecular complexity index is 502. The van der Waals surface area contributed by atoms with Gasteiger partial charge in [0.2, 0.25) is 0 Å². The fourth-order valence-corrected chi connectivity index (χ4v) is 1.72. The molecule has 0 atom stereocenters. The maximum Gasteiger partial charge on any atom is 0.139 e. The number of anilines is 3. The highest BCUT2D eigenvalue weighted by molar-refractivity contribution is 9.10. The van der Waals surface area contributed by atoms with Crippen molar-refractivity contribution in [3.63, 3.8) is 0 Å². The van der Waals surface area contributed by atoms with Crippen LogP contribution in [0.15, 0.2) is 41.0 Å². The van der Waals surface area contributed by atoms with Crippen molar-refractivity contribution in [2.75, 3.05) is 11.1 Å². The van der Waals surface area contributed by atoms with Gasteiger partial charge < -0.3 is 11.1 Å². The van der Waals surface area contributed by atoms with Crippen LogP contribution in [0.4, 0.5) is 21.6 Å². The highest BCUT2D eigenvalue weighted by Gasteiger charge is 2.09. The third kappa shape index (κ3) is 2.14. The lowest BCUT2D eigenvalue weighted by atomic mass is 10.2. The average Bonchev–Trinajstić information content (AvgIpc) is 2.31. The zero-order valence-corrected chi connectivity index (χ0v) is 9.83. The molecule has 0 unspecified atom stereocenters. The van der Waals surface area contributed by atoms with Crippen LogP contribution in [0.2, 0.25) is 0 Å². The molecule has 0 aliphatic rings. The third-order valence-corrected chi connectivity index (χ3v) is 2.82. The van der Waals surface area contributed by atoms with Crippen LogP contribution in [-0.4, -0.2) is 4.98 Å². The van der Waals surface area contributed by atoms with Crippen LogP contribution in [-0.2, 0) is 0 Å². The topological polar surface area (TPSA) is 50.9 Å². The quantitative estimate of drug-likeness (QED) is 0.831. The van der Waals surface area contributed by atoms with Crippen LogP contribution >= 0.6 is 15.9 Å². The Morgan fingerprint density at radius 1 is 1.25 bits per heavy atom. The number of hydrogen-bond acceptors (Lipinski definition) is 3. The normalized spacial score (nSPS) is 10.1. The number of nitrogen functional groups attached to an aromatic ring is 1. The predicted molar refractivity (Wildman–Crippen MR) is 66.0 cm³/mol. The van der Waals surface area contributed by atoms with Crippen molar-refractivity contribution in [1.29, 1.82) is 0 Å². The van der Waals surface area contributed by atoms with Crippen molar-refractivity contribution in [1.82, 2.24) is 4.98 Å². The van der Waals surface area contributed by atoms with Gasteiger partial charge in [-0.1, -0.05) is 6.07 Å². The lowest BCUT2D eigenvalue weighted by Gasteiger charge is -2.10. The summed E-state index contributed by atoms with van der Waals surface area (Å²) in [6.45, 7) is 0. The number of pyridine rings is 1. The highest BCUT2D eigenvalue weighted by atomic mass is 79.9. The summed E-state index contributed by atoms with van der Waals surface area (Å²) >= 11 is 3.14. The van der Waals surface area contributed by atoms with Crippen molar-refractivity contribution < 1.29 is 4.39 Å². The van der Waals surface area contributed by atoms with Crippen LogP contribution in [0.5, 0.6) is 0 Å². The van der Waals surface area contributed by atoms with Crippen LogP contribution < -0.4 is 11.1 Å². The van der Waals surface area contributed by atoms with E-state index in [9.17, 15) is 4.39 Å². The molecular weight excluding hydrogens is 273 g/mol. The van der Waals surface area contributed by atoms with Gasteiger partial charge in [0.15, 0.2) is 0 Å². The molecule has 2 rings (SSSR count). The first kappa shape index (κ1) is 10.9. The first-order valence-electron chi connectivity index (χ1n) is 4.60. The zero-order chi connectivity index (χ0) is 11.5. The highest BCUT2D eigenvalue weighted by Crippen LogP contribution is 2.32. The molecule has 3 nitrogen and oxygen atoms in total. The average molecular weight is 282 g/mol. The van der Waals surface area contributed by atoms with Gasteiger partial charge in [0.05, 0.1) is 15.8 Å². The van der Waals surface area contributed by atoms with Gasteiger partial charge in [0.25, 0.3) is 0 Å². The number of nitrogens with two attached hydrogens (primary N) is 1. The van der Waals surface area contributed by atoms with Crippen LogP contribution in [0.25, 0.3) is 0 Å². The second-order valence-electron chi connectivity index (χ2n) is 3.17. The lowest BCUT2D eigenvalue weighted by molar-refractivity contribution is 0.622. The predicted octanol–water partition coefficient (Wildman–Crippen LogP) is 3.31. The number of halogens is 2. The smallest absolute Gasteiger partial charge is 0.139 e. The Hall–Kier alpha value is -1.62. The van der Waals surface area contributed by atoms with E-state index in [-0.39, 0.29) is 5.82 Å². The molecule has 0 spiro atoms. The lowest BCUT2D eigenvalue weighted by Crippen LogP contribution is -2.00. The van der Waals surface area contributed by atoms with Crippen molar-refractivity contribution >= 4 is 33.1 Å². The van der Waals surface area contributed by atoms with Gasteiger partial charge >= 0.3 is 0 Å². The summed E-state index contributed by atoms with van der Waals surface area (Å²) in [6, 6.07) is 8.22. The molecule has 5 heteroatoms. The van der Waals surface area contributed by atoms with E-state index in [2.05, 4.69) is 26.2 Å². The van der Waals surface area contributed by atoms with Crippen LogP contribution in [0.1, 0.15) is 0 Å². The number of nitrogens with one attached hydrogen (secondary N) is 1. The molecule has 16 heavy (non-hydrogen) atoms. The van der Waals surface area contributed by atoms with E-state index in [1.54, 1.807) is 18.3 Å². The van der Waals surface area contributed by atoms with E-state index in [0.29, 0.717) is 21.7 Å². The molecule has 0 aliphatic heterocycles. The molecule has 0 bridgehead atoms. The molecule has 3 N–H and O–H groups in total. The molecule has 0 amide bonds. The summed E-state index contributed by atoms with van der Waals surface area (Å²) in [5, 5.41) is 2.96. The first-order valence-corrected chi connectivity index (χ1v) is 5.39. The molecule has 2 aromatic rings. The minimum Gasteiger partial charge on any atom is -0.397 e. The van der Waals surface area contributed by atoms with Crippen molar-refractivity contribution in [2.45, 2.75) is 0 Å². The number of benzene rings is 1. The van der Waals surface area contributed by atoms with Gasteiger partial charge in [-0.2, -0.15) is 0 Å². The minimum absolute atomic E-state index is 0.304. The monoisotopic (exact) mass is 281 g/mol. The van der Waals surface area contributed by atoms with Gasteiger partial charge in [-0.25, -0.2) is 9.37 Å². The number of rotatable bonds is 2. The molecule has 0 radical (unpaired) electrons. The maximum atomic E-state index is 13.3. The fourth-order valence-electron chi connectivity index (χ4n) is 1.26. The molecule has 0 saturated carbocycles. The number of hydrogen-bond donors (Lipinski definition) is 2. The summed E-state index contributed by atoms with van der Waals surface area (Å²) in [5.74, 6) is 0.244. The number of nitrogens with zero attached hydrogens (tertiary/aromatic N) is 1. The van der Waals surface area contributed by atoms with E-state index in [4.69, 9.17) is 5.73 Å². The Balaban J connectivity index is 2.38. The van der Waals surface area contributed by atoms with Crippen molar-refractivity contribution in [3.05, 3.63) is 46.8 Å². The Morgan fingerprint density at radius 3 is 2.75 bits per heavy atom. The Labute approximate surface area is 101 Å². The van der Waals surface area contributed by atoms with Crippen molar-refractivity contribution in [3.8, 4) is 0 Å². The van der Waals surface area contributed by atoms with E-state index < -0.39 is 0 Å². The van der Waals surface area contributed by atoms with Gasteiger partial charge in [0.1, 0.15) is 11.6 Å². The van der Waals surface area contributed by atoms with Gasteiger partial charge in [-0.3, -0.25) is 0 Å². The van der Waals surface area contributed by atoms with E-state index in [1.807, 2.05) is 6.07 Å². The molecule has 82 valence electrons. The van der Waals surface area contributed by atoms with Crippen molar-refractivity contribution in [2.24, 2.45) is 0 Å². The van der Waals surface area contributed by atoms with E-state index in [1.165, 1.54) is 12.1 Å². The summed E-state index contributed by atoms with van der Waals surface area (Å²) in [4.78, 5) is 4.08. The minimum atomic E-state index is -0.368. The Morgan fingerprint density at radius 2 is 2.06 bits per heavy atom. The molecule has 0 aliphatic carbocycles. The fraction of sp³-hybridized carbons (Fsp3) is 0. The molecule has 0 fully saturated rings. The standard InChI is InChI=1S/C11H9BrFN3/c12-10-7(13)4-5-8(14)11(10)16-9-3-1-2-6-15-9/h1-6H,14H2,(H,15,16). The molecule has 1 aromatic heterocycles. The van der Waals surface area contributed by atoms with Gasteiger partial charge in [0, 0.05) is 6.20 Å². The Kier molecular flexibility index (Phi) is 3.05. The summed E-state index contributed by atoms with van der Waals surface area (Å²) in [5.41, 5.74) is 6.69. The summed E-state index contributed by atoms with van der Waals surface area (Å²) < 4.78 is 13.6. The second-order valence-corrected chi connectivity index (χ2v) is 3.96. The molecule has 0 saturated heterocycles. The van der Waals surface area contributed by atoms with E-state index in [0.717, 1.165) is 0 Å². The van der Waals surface area contributed by atoms with Crippen LogP contribution in [0.3, 0.4) is 0 Å². The largest absolute Gasteiger partial charge is 0.397 e. The zero-order valence-electron chi connectivity index (χ0n) is 8.24. The molecule has 1 aromatic carbocycles. The maximum absolute atomic E-state index is 13.3. The van der Waals surface area contributed by atoms with Gasteiger partial charge in [-0.15, -0.1) is 0 Å². The SMILES string of the molecule is Nc1ccc(F)c(Br)c1Nc1ccccn1. The molecular formula is C11H9BrFN3. The summed E-state index contributed by atoms with van der Waals surface area (Å²) in [6.07, 6.45) is 1.64. The van der Waals surface area contributed by atoms with Crippen LogP contribution in [0, 0.1) is 5.82 Å². The van der Waals surface area contributed by atoms with E-state index >= 15 is 0 Å². The second kappa shape index (κ2) is 4.49. The molecule has 1 heterocycles. The number of aromatic nitrogens is 1. The third-order valence-electron chi connectivity index (χ3n) is 2.05.